The van der Waals surface area contributed by atoms with Gasteiger partial charge in [0.15, 0.2) is 0 Å². The molecular weight excluding hydrogens is 218 g/mol. The SMILES string of the molecule is C#CCC(CC)NC1CCC(C)c2ccccc21. The molecule has 1 aliphatic carbocycles. The summed E-state index contributed by atoms with van der Waals surface area (Å²) in [6.07, 6.45) is 9.84. The molecular formula is C17H23N. The van der Waals surface area contributed by atoms with Crippen molar-refractivity contribution in [2.75, 3.05) is 0 Å². The Morgan fingerprint density at radius 1 is 1.33 bits per heavy atom. The summed E-state index contributed by atoms with van der Waals surface area (Å²) >= 11 is 0. The second-order valence-electron chi connectivity index (χ2n) is 5.34. The minimum atomic E-state index is 0.446. The molecule has 1 aromatic carbocycles. The van der Waals surface area contributed by atoms with Gasteiger partial charge in [-0.3, -0.25) is 0 Å². The van der Waals surface area contributed by atoms with Crippen LogP contribution in [-0.2, 0) is 0 Å². The zero-order chi connectivity index (χ0) is 13.0. The molecule has 0 heterocycles. The Labute approximate surface area is 111 Å². The lowest BCUT2D eigenvalue weighted by molar-refractivity contribution is 0.375. The standard InChI is InChI=1S/C17H23N/c1-4-8-14(5-2)18-17-12-11-13(3)15-9-6-7-10-16(15)17/h1,6-7,9-10,13-14,17-18H,5,8,11-12H2,2-3H3. The molecule has 0 radical (unpaired) electrons. The van der Waals surface area contributed by atoms with Crippen LogP contribution >= 0.6 is 0 Å². The highest BCUT2D eigenvalue weighted by Gasteiger charge is 2.25. The van der Waals surface area contributed by atoms with Crippen molar-refractivity contribution in [1.82, 2.24) is 5.32 Å². The summed E-state index contributed by atoms with van der Waals surface area (Å²) in [5.74, 6) is 3.47. The van der Waals surface area contributed by atoms with E-state index < -0.39 is 0 Å². The summed E-state index contributed by atoms with van der Waals surface area (Å²) < 4.78 is 0. The first-order valence-electron chi connectivity index (χ1n) is 7.04. The third-order valence-electron chi connectivity index (χ3n) is 4.08. The molecule has 1 aliphatic rings. The monoisotopic (exact) mass is 241 g/mol. The van der Waals surface area contributed by atoms with Crippen LogP contribution < -0.4 is 5.32 Å². The molecule has 96 valence electrons. The normalized spacial score (nSPS) is 24.1. The second kappa shape index (κ2) is 6.07. The van der Waals surface area contributed by atoms with Crippen molar-refractivity contribution in [3.8, 4) is 12.3 Å². The quantitative estimate of drug-likeness (QED) is 0.785. The third kappa shape index (κ3) is 2.76. The lowest BCUT2D eigenvalue weighted by atomic mass is 9.80. The van der Waals surface area contributed by atoms with Gasteiger partial charge in [0, 0.05) is 18.5 Å². The summed E-state index contributed by atoms with van der Waals surface area (Å²) in [5, 5.41) is 3.74. The van der Waals surface area contributed by atoms with Crippen LogP contribution in [0.1, 0.15) is 62.6 Å². The fraction of sp³-hybridized carbons (Fsp3) is 0.529. The van der Waals surface area contributed by atoms with Gasteiger partial charge in [-0.15, -0.1) is 12.3 Å². The molecule has 1 heteroatoms. The van der Waals surface area contributed by atoms with Crippen LogP contribution in [0.4, 0.5) is 0 Å². The minimum absolute atomic E-state index is 0.446. The van der Waals surface area contributed by atoms with E-state index in [2.05, 4.69) is 49.4 Å². The van der Waals surface area contributed by atoms with Crippen LogP contribution in [0.3, 0.4) is 0 Å². The van der Waals surface area contributed by atoms with E-state index in [0.29, 0.717) is 18.0 Å². The van der Waals surface area contributed by atoms with Gasteiger partial charge < -0.3 is 5.32 Å². The van der Waals surface area contributed by atoms with Crippen LogP contribution in [0.5, 0.6) is 0 Å². The van der Waals surface area contributed by atoms with Crippen molar-refractivity contribution in [3.63, 3.8) is 0 Å². The highest BCUT2D eigenvalue weighted by molar-refractivity contribution is 5.35. The van der Waals surface area contributed by atoms with Crippen LogP contribution in [0.25, 0.3) is 0 Å². The fourth-order valence-corrected chi connectivity index (χ4v) is 2.93. The van der Waals surface area contributed by atoms with E-state index in [1.54, 1.807) is 0 Å². The van der Waals surface area contributed by atoms with E-state index in [1.165, 1.54) is 24.0 Å². The van der Waals surface area contributed by atoms with E-state index in [-0.39, 0.29) is 0 Å². The Morgan fingerprint density at radius 2 is 2.06 bits per heavy atom. The maximum Gasteiger partial charge on any atom is 0.0326 e. The van der Waals surface area contributed by atoms with Gasteiger partial charge in [-0.05, 0) is 36.3 Å². The lowest BCUT2D eigenvalue weighted by Crippen LogP contribution is -2.34. The lowest BCUT2D eigenvalue weighted by Gasteiger charge is -2.32. The molecule has 1 nitrogen and oxygen atoms in total. The van der Waals surface area contributed by atoms with Gasteiger partial charge in [0.05, 0.1) is 0 Å². The van der Waals surface area contributed by atoms with Crippen molar-refractivity contribution in [2.45, 2.75) is 57.5 Å². The molecule has 0 aliphatic heterocycles. The molecule has 2 rings (SSSR count). The van der Waals surface area contributed by atoms with Gasteiger partial charge >= 0.3 is 0 Å². The number of hydrogen-bond acceptors (Lipinski definition) is 1. The van der Waals surface area contributed by atoms with Crippen molar-refractivity contribution in [3.05, 3.63) is 35.4 Å². The number of fused-ring (bicyclic) bond motifs is 1. The molecule has 18 heavy (non-hydrogen) atoms. The highest BCUT2D eigenvalue weighted by Crippen LogP contribution is 2.37. The predicted octanol–water partition coefficient (Wildman–Crippen LogP) is 4.02. The molecule has 3 atom stereocenters. The van der Waals surface area contributed by atoms with Gasteiger partial charge in [0.25, 0.3) is 0 Å². The first-order valence-corrected chi connectivity index (χ1v) is 7.04. The third-order valence-corrected chi connectivity index (χ3v) is 4.08. The number of hydrogen-bond donors (Lipinski definition) is 1. The van der Waals surface area contributed by atoms with Crippen molar-refractivity contribution >= 4 is 0 Å². The maximum atomic E-state index is 5.44. The second-order valence-corrected chi connectivity index (χ2v) is 5.34. The molecule has 0 fully saturated rings. The van der Waals surface area contributed by atoms with Crippen LogP contribution in [0.2, 0.25) is 0 Å². The summed E-state index contributed by atoms with van der Waals surface area (Å²) in [6, 6.07) is 9.77. The van der Waals surface area contributed by atoms with Gasteiger partial charge in [-0.1, -0.05) is 38.1 Å². The summed E-state index contributed by atoms with van der Waals surface area (Å²) in [5.41, 5.74) is 2.99. The Hall–Kier alpha value is -1.26. The Morgan fingerprint density at radius 3 is 2.72 bits per heavy atom. The molecule has 1 aromatic rings. The molecule has 0 bridgehead atoms. The van der Waals surface area contributed by atoms with Crippen LogP contribution in [0, 0.1) is 12.3 Å². The molecule has 0 aromatic heterocycles. The average molecular weight is 241 g/mol. The van der Waals surface area contributed by atoms with Crippen LogP contribution in [0.15, 0.2) is 24.3 Å². The number of rotatable bonds is 4. The van der Waals surface area contributed by atoms with E-state index in [9.17, 15) is 0 Å². The maximum absolute atomic E-state index is 5.44. The Kier molecular flexibility index (Phi) is 4.44. The van der Waals surface area contributed by atoms with E-state index >= 15 is 0 Å². The smallest absolute Gasteiger partial charge is 0.0326 e. The first kappa shape index (κ1) is 13.2. The molecule has 0 saturated heterocycles. The topological polar surface area (TPSA) is 12.0 Å². The number of benzene rings is 1. The Bertz CT molecular complexity index is 429. The average Bonchev–Trinajstić information content (AvgIpc) is 2.41. The highest BCUT2D eigenvalue weighted by atomic mass is 14.9. The predicted molar refractivity (Wildman–Crippen MR) is 77.5 cm³/mol. The summed E-state index contributed by atoms with van der Waals surface area (Å²) in [6.45, 7) is 4.53. The number of nitrogens with one attached hydrogen (secondary N) is 1. The molecule has 0 spiro atoms. The fourth-order valence-electron chi connectivity index (χ4n) is 2.93. The first-order chi connectivity index (χ1) is 8.76. The number of terminal acetylenes is 1. The molecule has 3 unspecified atom stereocenters. The van der Waals surface area contributed by atoms with Gasteiger partial charge in [0.2, 0.25) is 0 Å². The zero-order valence-electron chi connectivity index (χ0n) is 11.4. The molecule has 0 amide bonds. The Balaban J connectivity index is 2.16. The van der Waals surface area contributed by atoms with Gasteiger partial charge in [-0.25, -0.2) is 0 Å². The minimum Gasteiger partial charge on any atom is -0.306 e. The summed E-state index contributed by atoms with van der Waals surface area (Å²) in [4.78, 5) is 0. The largest absolute Gasteiger partial charge is 0.306 e. The van der Waals surface area contributed by atoms with Gasteiger partial charge in [-0.2, -0.15) is 0 Å². The molecule has 1 N–H and O–H groups in total. The van der Waals surface area contributed by atoms with E-state index in [4.69, 9.17) is 6.42 Å². The van der Waals surface area contributed by atoms with Crippen LogP contribution in [-0.4, -0.2) is 6.04 Å². The molecule has 0 saturated carbocycles. The zero-order valence-corrected chi connectivity index (χ0v) is 11.4. The van der Waals surface area contributed by atoms with E-state index in [1.807, 2.05) is 0 Å². The van der Waals surface area contributed by atoms with Crippen molar-refractivity contribution < 1.29 is 0 Å². The van der Waals surface area contributed by atoms with E-state index in [0.717, 1.165) is 12.8 Å². The summed E-state index contributed by atoms with van der Waals surface area (Å²) in [7, 11) is 0. The van der Waals surface area contributed by atoms with Gasteiger partial charge in [0.1, 0.15) is 0 Å². The van der Waals surface area contributed by atoms with Crippen molar-refractivity contribution in [1.29, 1.82) is 0 Å². The van der Waals surface area contributed by atoms with Crippen molar-refractivity contribution in [2.24, 2.45) is 0 Å².